The Kier molecular flexibility index (Phi) is 4.19. The number of alkyl halides is 3. The molecule has 3 aromatic heterocycles. The number of aromatic nitrogens is 4. The van der Waals surface area contributed by atoms with Gasteiger partial charge >= 0.3 is 6.18 Å². The molecule has 158 valence electrons. The van der Waals surface area contributed by atoms with Crippen LogP contribution in [0.4, 0.5) is 13.2 Å². The standard InChI is InChI=1S/C20H14F3N5O2S/c21-20(22,23)19-26-16-12-25-18-15(17(16)28(19)13-6-9-24-10-7-13)8-11-27(18)31(29,30)14-4-2-1-3-5-14/h1-9,11-12,24H,10H2. The molecule has 5 rings (SSSR count). The van der Waals surface area contributed by atoms with Crippen molar-refractivity contribution >= 4 is 37.8 Å². The van der Waals surface area contributed by atoms with Gasteiger partial charge in [0, 0.05) is 23.8 Å². The van der Waals surface area contributed by atoms with Crippen LogP contribution in [0.2, 0.25) is 0 Å². The van der Waals surface area contributed by atoms with E-state index in [4.69, 9.17) is 0 Å². The number of allylic oxidation sites excluding steroid dienone is 2. The largest absolute Gasteiger partial charge is 0.450 e. The summed E-state index contributed by atoms with van der Waals surface area (Å²) in [4.78, 5) is 7.94. The second-order valence-corrected chi connectivity index (χ2v) is 8.61. The zero-order valence-corrected chi connectivity index (χ0v) is 16.5. The predicted octanol–water partition coefficient (Wildman–Crippen LogP) is 3.60. The van der Waals surface area contributed by atoms with Crippen LogP contribution >= 0.6 is 0 Å². The van der Waals surface area contributed by atoms with Gasteiger partial charge in [-0.05, 0) is 36.6 Å². The van der Waals surface area contributed by atoms with Crippen molar-refractivity contribution in [2.75, 3.05) is 6.54 Å². The molecular weight excluding hydrogens is 431 g/mol. The van der Waals surface area contributed by atoms with Gasteiger partial charge in [0.25, 0.3) is 10.0 Å². The quantitative estimate of drug-likeness (QED) is 0.521. The summed E-state index contributed by atoms with van der Waals surface area (Å²) >= 11 is 0. The van der Waals surface area contributed by atoms with Crippen LogP contribution in [0.15, 0.2) is 72.0 Å². The fourth-order valence-electron chi connectivity index (χ4n) is 3.58. The number of imidazole rings is 1. The van der Waals surface area contributed by atoms with Crippen LogP contribution in [0, 0.1) is 0 Å². The summed E-state index contributed by atoms with van der Waals surface area (Å²) in [5.74, 6) is -1.10. The lowest BCUT2D eigenvalue weighted by molar-refractivity contribution is -0.145. The van der Waals surface area contributed by atoms with Gasteiger partial charge < -0.3 is 5.32 Å². The van der Waals surface area contributed by atoms with E-state index >= 15 is 0 Å². The first kappa shape index (κ1) is 19.4. The number of hydrogen-bond donors (Lipinski definition) is 1. The van der Waals surface area contributed by atoms with Crippen molar-refractivity contribution in [1.82, 2.24) is 23.8 Å². The highest BCUT2D eigenvalue weighted by atomic mass is 32.2. The minimum Gasteiger partial charge on any atom is -0.387 e. The summed E-state index contributed by atoms with van der Waals surface area (Å²) in [5, 5.41) is 3.14. The third kappa shape index (κ3) is 3.00. The number of dihydropyridines is 1. The number of pyridine rings is 1. The van der Waals surface area contributed by atoms with Crippen molar-refractivity contribution in [3.05, 3.63) is 73.0 Å². The number of hydrogen-bond acceptors (Lipinski definition) is 5. The molecule has 0 bridgehead atoms. The lowest BCUT2D eigenvalue weighted by Crippen LogP contribution is -2.17. The Balaban J connectivity index is 1.83. The Hall–Kier alpha value is -3.60. The molecule has 0 fully saturated rings. The van der Waals surface area contributed by atoms with Crippen LogP contribution < -0.4 is 5.32 Å². The maximum Gasteiger partial charge on any atom is 0.450 e. The molecule has 11 heteroatoms. The Morgan fingerprint density at radius 2 is 1.87 bits per heavy atom. The highest BCUT2D eigenvalue weighted by molar-refractivity contribution is 7.90. The molecule has 0 spiro atoms. The summed E-state index contributed by atoms with van der Waals surface area (Å²) in [6.45, 7) is 0.348. The molecule has 0 unspecified atom stereocenters. The lowest BCUT2D eigenvalue weighted by Gasteiger charge is -2.15. The molecule has 31 heavy (non-hydrogen) atoms. The van der Waals surface area contributed by atoms with Gasteiger partial charge in [0.05, 0.1) is 16.6 Å². The van der Waals surface area contributed by atoms with E-state index < -0.39 is 22.0 Å². The van der Waals surface area contributed by atoms with Gasteiger partial charge in [-0.25, -0.2) is 22.4 Å². The fraction of sp³-hybridized carbons (Fsp3) is 0.100. The monoisotopic (exact) mass is 445 g/mol. The van der Waals surface area contributed by atoms with E-state index in [9.17, 15) is 21.6 Å². The summed E-state index contributed by atoms with van der Waals surface area (Å²) in [7, 11) is -3.99. The third-order valence-electron chi connectivity index (χ3n) is 4.91. The second kappa shape index (κ2) is 6.71. The predicted molar refractivity (Wildman–Crippen MR) is 108 cm³/mol. The minimum atomic E-state index is -4.72. The maximum atomic E-state index is 13.8. The summed E-state index contributed by atoms with van der Waals surface area (Å²) in [6, 6.07) is 9.18. The van der Waals surface area contributed by atoms with E-state index in [1.807, 2.05) is 0 Å². The van der Waals surface area contributed by atoms with E-state index in [2.05, 4.69) is 15.3 Å². The topological polar surface area (TPSA) is 81.8 Å². The highest BCUT2D eigenvalue weighted by Gasteiger charge is 2.39. The van der Waals surface area contributed by atoms with Gasteiger partial charge in [0.1, 0.15) is 5.52 Å². The van der Waals surface area contributed by atoms with Crippen molar-refractivity contribution in [3.8, 4) is 0 Å². The molecule has 0 saturated heterocycles. The molecule has 1 aliphatic heterocycles. The number of fused-ring (bicyclic) bond motifs is 3. The smallest absolute Gasteiger partial charge is 0.387 e. The first-order valence-electron chi connectivity index (χ1n) is 9.15. The van der Waals surface area contributed by atoms with Gasteiger partial charge in [-0.3, -0.25) is 4.57 Å². The summed E-state index contributed by atoms with van der Waals surface area (Å²) in [6.07, 6.45) is 2.38. The second-order valence-electron chi connectivity index (χ2n) is 6.80. The zero-order chi connectivity index (χ0) is 21.8. The number of halogens is 3. The van der Waals surface area contributed by atoms with Gasteiger partial charge in [0.15, 0.2) is 5.65 Å². The van der Waals surface area contributed by atoms with Crippen LogP contribution in [0.1, 0.15) is 5.82 Å². The summed E-state index contributed by atoms with van der Waals surface area (Å²) in [5.41, 5.74) is 0.448. The Bertz CT molecular complexity index is 1480. The third-order valence-corrected chi connectivity index (χ3v) is 6.59. The van der Waals surface area contributed by atoms with E-state index in [0.29, 0.717) is 6.54 Å². The molecule has 0 saturated carbocycles. The molecule has 0 radical (unpaired) electrons. The molecule has 7 nitrogen and oxygen atoms in total. The maximum absolute atomic E-state index is 13.8. The van der Waals surface area contributed by atoms with Gasteiger partial charge in [0.2, 0.25) is 5.82 Å². The first-order chi connectivity index (χ1) is 14.8. The summed E-state index contributed by atoms with van der Waals surface area (Å²) < 4.78 is 69.5. The van der Waals surface area contributed by atoms with Crippen LogP contribution in [0.25, 0.3) is 27.8 Å². The Morgan fingerprint density at radius 3 is 2.55 bits per heavy atom. The van der Waals surface area contributed by atoms with Crippen LogP contribution in [-0.4, -0.2) is 33.5 Å². The van der Waals surface area contributed by atoms with E-state index in [1.54, 1.807) is 30.5 Å². The zero-order valence-electron chi connectivity index (χ0n) is 15.7. The molecular formula is C20H14F3N5O2S. The molecule has 1 N–H and O–H groups in total. The molecule has 4 aromatic rings. The molecule has 0 aliphatic carbocycles. The highest BCUT2D eigenvalue weighted by Crippen LogP contribution is 2.37. The van der Waals surface area contributed by atoms with Crippen molar-refractivity contribution in [1.29, 1.82) is 0 Å². The van der Waals surface area contributed by atoms with E-state index in [0.717, 1.165) is 14.7 Å². The molecule has 0 amide bonds. The van der Waals surface area contributed by atoms with E-state index in [-0.39, 0.29) is 32.7 Å². The molecule has 0 atom stereocenters. The number of rotatable bonds is 3. The minimum absolute atomic E-state index is 0.0162. The van der Waals surface area contributed by atoms with Crippen LogP contribution in [0.3, 0.4) is 0 Å². The Labute approximate surface area is 174 Å². The van der Waals surface area contributed by atoms with Crippen LogP contribution in [0.5, 0.6) is 0 Å². The van der Waals surface area contributed by atoms with Crippen molar-refractivity contribution in [2.24, 2.45) is 0 Å². The number of benzene rings is 1. The van der Waals surface area contributed by atoms with Crippen molar-refractivity contribution in [2.45, 2.75) is 11.1 Å². The van der Waals surface area contributed by atoms with Gasteiger partial charge in [-0.15, -0.1) is 0 Å². The molecule has 1 aliphatic rings. The van der Waals surface area contributed by atoms with Crippen molar-refractivity contribution in [3.63, 3.8) is 0 Å². The molecule has 1 aromatic carbocycles. The van der Waals surface area contributed by atoms with E-state index in [1.165, 1.54) is 30.5 Å². The average molecular weight is 445 g/mol. The first-order valence-corrected chi connectivity index (χ1v) is 10.6. The normalized spacial score (nSPS) is 14.7. The molecule has 4 heterocycles. The SMILES string of the molecule is O=S(=O)(c1ccccc1)n1ccc2c1ncc1nc(C(F)(F)F)n(C3=CCNC=C3)c12. The van der Waals surface area contributed by atoms with Crippen LogP contribution in [-0.2, 0) is 16.2 Å². The van der Waals surface area contributed by atoms with Crippen molar-refractivity contribution < 1.29 is 21.6 Å². The number of nitrogens with zero attached hydrogens (tertiary/aromatic N) is 4. The Morgan fingerprint density at radius 1 is 1.10 bits per heavy atom. The van der Waals surface area contributed by atoms with Gasteiger partial charge in [-0.1, -0.05) is 18.2 Å². The lowest BCUT2D eigenvalue weighted by atomic mass is 10.2. The average Bonchev–Trinajstić information content (AvgIpc) is 3.36. The number of nitrogens with one attached hydrogen (secondary N) is 1. The van der Waals surface area contributed by atoms with Gasteiger partial charge in [-0.2, -0.15) is 13.2 Å². The fourth-order valence-corrected chi connectivity index (χ4v) is 4.90.